The minimum Gasteiger partial charge on any atom is -0.389 e. The molecule has 1 N–H and O–H groups in total. The molecule has 18 heavy (non-hydrogen) atoms. The summed E-state index contributed by atoms with van der Waals surface area (Å²) in [6.45, 7) is 4.01. The number of likely N-dealkylation sites (N-methyl/N-ethyl adjacent to an activating group) is 1. The Bertz CT molecular complexity index is 453. The Morgan fingerprint density at radius 2 is 2.00 bits per heavy atom. The molecule has 0 aliphatic heterocycles. The van der Waals surface area contributed by atoms with Gasteiger partial charge in [-0.2, -0.15) is 0 Å². The molecule has 3 aliphatic rings. The van der Waals surface area contributed by atoms with E-state index in [2.05, 4.69) is 11.8 Å². The lowest BCUT2D eigenvalue weighted by molar-refractivity contribution is -0.130. The van der Waals surface area contributed by atoms with Crippen LogP contribution in [0, 0.1) is 11.8 Å². The first-order chi connectivity index (χ1) is 8.35. The average Bonchev–Trinajstić information content (AvgIpc) is 2.83. The van der Waals surface area contributed by atoms with Crippen molar-refractivity contribution in [3.05, 3.63) is 11.1 Å². The number of hydrogen-bond donors (Lipinski definition) is 1. The van der Waals surface area contributed by atoms with E-state index in [9.17, 15) is 9.90 Å². The van der Waals surface area contributed by atoms with Crippen molar-refractivity contribution in [1.82, 2.24) is 4.90 Å². The molecule has 0 aromatic carbocycles. The molecular weight excluding hydrogens is 226 g/mol. The van der Waals surface area contributed by atoms with Gasteiger partial charge >= 0.3 is 0 Å². The van der Waals surface area contributed by atoms with Crippen LogP contribution < -0.4 is 0 Å². The van der Waals surface area contributed by atoms with Crippen LogP contribution in [0.15, 0.2) is 11.1 Å². The van der Waals surface area contributed by atoms with E-state index < -0.39 is 5.60 Å². The second-order valence-electron chi connectivity index (χ2n) is 6.65. The molecule has 2 fully saturated rings. The summed E-state index contributed by atoms with van der Waals surface area (Å²) in [5.74, 6) is 0.262. The minimum absolute atomic E-state index is 0.188. The predicted octanol–water partition coefficient (Wildman–Crippen LogP) is 1.76. The van der Waals surface area contributed by atoms with Crippen LogP contribution in [0.1, 0.15) is 39.5 Å². The molecule has 0 bridgehead atoms. The van der Waals surface area contributed by atoms with Crippen LogP contribution in [-0.4, -0.2) is 41.0 Å². The summed E-state index contributed by atoms with van der Waals surface area (Å²) in [6, 6.07) is 0. The van der Waals surface area contributed by atoms with Crippen LogP contribution in [0.2, 0.25) is 0 Å². The summed E-state index contributed by atoms with van der Waals surface area (Å²) in [5, 5.41) is 11.0. The summed E-state index contributed by atoms with van der Waals surface area (Å²) in [6.07, 6.45) is 3.87. The van der Waals surface area contributed by atoms with Crippen LogP contribution in [0.5, 0.6) is 0 Å². The third kappa shape index (κ3) is 1.11. The fraction of sp³-hybridized carbons (Fsp3) is 0.800. The third-order valence-electron chi connectivity index (χ3n) is 6.01. The zero-order chi connectivity index (χ0) is 13.3. The number of carbonyl (C=O) groups is 1. The zero-order valence-electron chi connectivity index (χ0n) is 11.8. The molecular formula is C15H23NO2. The van der Waals surface area contributed by atoms with Gasteiger partial charge in [0.1, 0.15) is 0 Å². The van der Waals surface area contributed by atoms with Gasteiger partial charge < -0.3 is 5.11 Å². The lowest BCUT2D eigenvalue weighted by Gasteiger charge is -2.40. The molecule has 3 aliphatic carbocycles. The number of carbonyl (C=O) groups excluding carboxylic acids is 1. The molecule has 3 rings (SSSR count). The summed E-state index contributed by atoms with van der Waals surface area (Å²) in [5.41, 5.74) is 1.10. The van der Waals surface area contributed by atoms with Crippen LogP contribution in [-0.2, 0) is 4.79 Å². The van der Waals surface area contributed by atoms with E-state index in [1.54, 1.807) is 0 Å². The number of Topliss-reactive ketones (excluding diaryl/α,β-unsaturated/α-hetero) is 1. The zero-order valence-corrected chi connectivity index (χ0v) is 11.8. The Balaban J connectivity index is 2.18. The molecule has 4 atom stereocenters. The highest BCUT2D eigenvalue weighted by atomic mass is 16.3. The highest BCUT2D eigenvalue weighted by molar-refractivity contribution is 6.03. The van der Waals surface area contributed by atoms with E-state index in [1.165, 1.54) is 5.57 Å². The molecule has 0 unspecified atom stereocenters. The Kier molecular flexibility index (Phi) is 2.37. The molecule has 2 saturated carbocycles. The number of fused-ring (bicyclic) bond motifs is 3. The first-order valence-corrected chi connectivity index (χ1v) is 6.97. The van der Waals surface area contributed by atoms with Gasteiger partial charge in [0.15, 0.2) is 5.78 Å². The molecule has 100 valence electrons. The molecule has 0 amide bonds. The summed E-state index contributed by atoms with van der Waals surface area (Å²) < 4.78 is 0. The van der Waals surface area contributed by atoms with Crippen molar-refractivity contribution in [1.29, 1.82) is 0 Å². The number of aliphatic hydroxyl groups is 1. The van der Waals surface area contributed by atoms with Crippen molar-refractivity contribution in [3.8, 4) is 0 Å². The maximum absolute atomic E-state index is 12.6. The Morgan fingerprint density at radius 3 is 2.61 bits per heavy atom. The average molecular weight is 249 g/mol. The van der Waals surface area contributed by atoms with E-state index in [-0.39, 0.29) is 17.2 Å². The first-order valence-electron chi connectivity index (χ1n) is 6.97. The predicted molar refractivity (Wildman–Crippen MR) is 70.2 cm³/mol. The first kappa shape index (κ1) is 12.4. The smallest absolute Gasteiger partial charge is 0.166 e. The van der Waals surface area contributed by atoms with Crippen LogP contribution in [0.3, 0.4) is 0 Å². The number of allylic oxidation sites excluding steroid dienone is 1. The van der Waals surface area contributed by atoms with Crippen molar-refractivity contribution in [2.75, 3.05) is 14.1 Å². The quantitative estimate of drug-likeness (QED) is 0.770. The number of rotatable bonds is 1. The van der Waals surface area contributed by atoms with Crippen molar-refractivity contribution >= 4 is 5.78 Å². The van der Waals surface area contributed by atoms with Gasteiger partial charge in [-0.1, -0.05) is 6.42 Å². The highest BCUT2D eigenvalue weighted by Crippen LogP contribution is 2.62. The van der Waals surface area contributed by atoms with Gasteiger partial charge in [0.05, 0.1) is 17.1 Å². The molecule has 0 aromatic rings. The van der Waals surface area contributed by atoms with E-state index in [1.807, 2.05) is 21.0 Å². The standard InChI is InChI=1S/C15H23NO2/c1-9-10(2)14(16(3)4)8-11-6-5-7-15(11,18)13(14)12(9)17/h11,13,18H,5-8H2,1-4H3/t11-,13+,14+,15+/m1/s1. The van der Waals surface area contributed by atoms with Crippen LogP contribution in [0.4, 0.5) is 0 Å². The largest absolute Gasteiger partial charge is 0.389 e. The van der Waals surface area contributed by atoms with Gasteiger partial charge in [0.25, 0.3) is 0 Å². The SMILES string of the molecule is CC1=C(C)[C@@]2(N(C)C)C[C@H]3CCC[C@@]3(O)[C@H]2C1=O. The van der Waals surface area contributed by atoms with E-state index in [0.717, 1.165) is 31.3 Å². The van der Waals surface area contributed by atoms with Crippen molar-refractivity contribution in [3.63, 3.8) is 0 Å². The van der Waals surface area contributed by atoms with Gasteiger partial charge in [-0.3, -0.25) is 9.69 Å². The number of hydrogen-bond acceptors (Lipinski definition) is 3. The summed E-state index contributed by atoms with van der Waals surface area (Å²) in [7, 11) is 4.10. The fourth-order valence-corrected chi connectivity index (χ4v) is 4.97. The van der Waals surface area contributed by atoms with Crippen molar-refractivity contribution in [2.24, 2.45) is 11.8 Å². The van der Waals surface area contributed by atoms with Gasteiger partial charge in [-0.25, -0.2) is 0 Å². The Hall–Kier alpha value is -0.670. The van der Waals surface area contributed by atoms with Gasteiger partial charge in [-0.15, -0.1) is 0 Å². The fourth-order valence-electron chi connectivity index (χ4n) is 4.97. The maximum Gasteiger partial charge on any atom is 0.166 e. The van der Waals surface area contributed by atoms with Crippen LogP contribution >= 0.6 is 0 Å². The topological polar surface area (TPSA) is 40.5 Å². The molecule has 0 radical (unpaired) electrons. The molecule has 0 heterocycles. The Labute approximate surface area is 109 Å². The van der Waals surface area contributed by atoms with E-state index in [4.69, 9.17) is 0 Å². The van der Waals surface area contributed by atoms with E-state index >= 15 is 0 Å². The third-order valence-corrected chi connectivity index (χ3v) is 6.01. The number of ketones is 1. The molecule has 0 aromatic heterocycles. The Morgan fingerprint density at radius 1 is 1.33 bits per heavy atom. The second kappa shape index (κ2) is 3.45. The molecule has 3 nitrogen and oxygen atoms in total. The number of nitrogens with zero attached hydrogens (tertiary/aromatic N) is 1. The van der Waals surface area contributed by atoms with Crippen molar-refractivity contribution < 1.29 is 9.90 Å². The van der Waals surface area contributed by atoms with Crippen LogP contribution in [0.25, 0.3) is 0 Å². The monoisotopic (exact) mass is 249 g/mol. The van der Waals surface area contributed by atoms with Gasteiger partial charge in [0, 0.05) is 0 Å². The normalized spacial score (nSPS) is 47.1. The lowest BCUT2D eigenvalue weighted by Crippen LogP contribution is -2.53. The van der Waals surface area contributed by atoms with Crippen molar-refractivity contribution in [2.45, 2.75) is 50.7 Å². The second-order valence-corrected chi connectivity index (χ2v) is 6.65. The summed E-state index contributed by atoms with van der Waals surface area (Å²) in [4.78, 5) is 14.8. The minimum atomic E-state index is -0.750. The van der Waals surface area contributed by atoms with E-state index in [0.29, 0.717) is 5.92 Å². The molecule has 3 heteroatoms. The highest BCUT2D eigenvalue weighted by Gasteiger charge is 2.69. The molecule has 0 spiro atoms. The summed E-state index contributed by atoms with van der Waals surface area (Å²) >= 11 is 0. The lowest BCUT2D eigenvalue weighted by atomic mass is 9.78. The molecule has 0 saturated heterocycles. The maximum atomic E-state index is 12.6. The van der Waals surface area contributed by atoms with Gasteiger partial charge in [0.2, 0.25) is 0 Å². The van der Waals surface area contributed by atoms with Gasteiger partial charge in [-0.05, 0) is 64.3 Å².